The highest BCUT2D eigenvalue weighted by atomic mass is 16.8. The SMILES string of the molecule is CC(=O)OCC12O[C@H]1[C@@H](OC(=O)c1ccc(OC(C)=O)cc1)[C@@H]1CCO[C@@H](O[C@H]3O[C@@H](COC(C)C)[C@H](OC(C)C)[C@@H](OC(C)=O)[C@@H]3OC(C)=O)[C@@H]12. The third-order valence-corrected chi connectivity index (χ3v) is 9.13. The van der Waals surface area contributed by atoms with Gasteiger partial charge in [-0.1, -0.05) is 0 Å². The first kappa shape index (κ1) is 39.5. The first-order valence-corrected chi connectivity index (χ1v) is 17.4. The lowest BCUT2D eigenvalue weighted by Gasteiger charge is -2.47. The van der Waals surface area contributed by atoms with Crippen molar-refractivity contribution in [2.45, 2.75) is 129 Å². The number of esters is 5. The Morgan fingerprint density at radius 2 is 1.46 bits per heavy atom. The van der Waals surface area contributed by atoms with Crippen molar-refractivity contribution in [3.63, 3.8) is 0 Å². The molecular formula is C36H48O16. The second kappa shape index (κ2) is 16.6. The van der Waals surface area contributed by atoms with E-state index in [0.29, 0.717) is 6.42 Å². The van der Waals surface area contributed by atoms with Gasteiger partial charge in [-0.3, -0.25) is 19.2 Å². The van der Waals surface area contributed by atoms with Gasteiger partial charge in [0, 0.05) is 33.6 Å². The third-order valence-electron chi connectivity index (χ3n) is 9.13. The van der Waals surface area contributed by atoms with Crippen molar-refractivity contribution in [2.75, 3.05) is 19.8 Å². The van der Waals surface area contributed by atoms with E-state index in [4.69, 9.17) is 52.1 Å². The topological polar surface area (TPSA) is 190 Å². The molecular weight excluding hydrogens is 688 g/mol. The van der Waals surface area contributed by atoms with Crippen LogP contribution in [-0.4, -0.2) is 117 Å². The standard InChI is InChI=1S/C36H48O16/c1-17(2)43-15-26-29(45-18(3)4)30(47-21(7)39)31(48-22(8)40)35(49-26)51-34-27-25(13-14-42-34)28(32-36(27,52-32)16-44-19(5)37)50-33(41)23-9-11-24(12-10-23)46-20(6)38/h9-12,17-18,25-32,34-35H,13-16H2,1-8H3/t25-,26+,27-,28+,29+,30-,31+,32+,34+,35-,36?/m1/s1. The number of hydrogen-bond donors (Lipinski definition) is 0. The van der Waals surface area contributed by atoms with E-state index >= 15 is 0 Å². The Hall–Kier alpha value is -3.67. The molecule has 3 aliphatic heterocycles. The van der Waals surface area contributed by atoms with E-state index in [-0.39, 0.29) is 49.3 Å². The molecule has 5 rings (SSSR count). The number of carbonyl (C=O) groups excluding carboxylic acids is 5. The monoisotopic (exact) mass is 736 g/mol. The zero-order valence-corrected chi connectivity index (χ0v) is 30.6. The van der Waals surface area contributed by atoms with Gasteiger partial charge in [0.25, 0.3) is 0 Å². The van der Waals surface area contributed by atoms with Crippen LogP contribution in [0, 0.1) is 11.8 Å². The Bertz CT molecular complexity index is 1460. The van der Waals surface area contributed by atoms with Crippen molar-refractivity contribution in [2.24, 2.45) is 11.8 Å². The smallest absolute Gasteiger partial charge is 0.338 e. The zero-order valence-electron chi connectivity index (χ0n) is 30.6. The van der Waals surface area contributed by atoms with Gasteiger partial charge in [0.2, 0.25) is 6.29 Å². The lowest BCUT2D eigenvalue weighted by Crippen LogP contribution is -2.64. The fraction of sp³-hybridized carbons (Fsp3) is 0.694. The number of carbonyl (C=O) groups is 5. The second-order valence-electron chi connectivity index (χ2n) is 13.8. The van der Waals surface area contributed by atoms with Crippen LogP contribution in [0.5, 0.6) is 5.75 Å². The van der Waals surface area contributed by atoms with Gasteiger partial charge in [0.1, 0.15) is 42.4 Å². The molecule has 0 radical (unpaired) electrons. The van der Waals surface area contributed by atoms with Gasteiger partial charge in [-0.05, 0) is 58.4 Å². The number of rotatable bonds is 14. The minimum absolute atomic E-state index is 0.0263. The number of ether oxygens (including phenoxy) is 11. The molecule has 3 heterocycles. The molecule has 1 saturated carbocycles. The fourth-order valence-corrected chi connectivity index (χ4v) is 7.19. The van der Waals surface area contributed by atoms with Gasteiger partial charge in [0.05, 0.1) is 36.9 Å². The average molecular weight is 737 g/mol. The van der Waals surface area contributed by atoms with Crippen molar-refractivity contribution >= 4 is 29.8 Å². The summed E-state index contributed by atoms with van der Waals surface area (Å²) >= 11 is 0. The number of benzene rings is 1. The maximum atomic E-state index is 13.4. The highest BCUT2D eigenvalue weighted by molar-refractivity contribution is 5.89. The molecule has 11 atom stereocenters. The highest BCUT2D eigenvalue weighted by Gasteiger charge is 2.78. The van der Waals surface area contributed by atoms with E-state index in [9.17, 15) is 24.0 Å². The maximum absolute atomic E-state index is 13.4. The molecule has 1 unspecified atom stereocenters. The Labute approximate surface area is 301 Å². The van der Waals surface area contributed by atoms with Crippen LogP contribution in [0.1, 0.15) is 72.2 Å². The van der Waals surface area contributed by atoms with Gasteiger partial charge in [0.15, 0.2) is 18.5 Å². The molecule has 0 aromatic heterocycles. The molecule has 4 aliphatic rings. The summed E-state index contributed by atoms with van der Waals surface area (Å²) in [6.07, 6.45) is -8.18. The summed E-state index contributed by atoms with van der Waals surface area (Å²) in [6, 6.07) is 5.92. The lowest BCUT2D eigenvalue weighted by molar-refractivity contribution is -0.362. The highest BCUT2D eigenvalue weighted by Crippen LogP contribution is 2.61. The van der Waals surface area contributed by atoms with E-state index in [0.717, 1.165) is 0 Å². The molecule has 0 amide bonds. The fourth-order valence-electron chi connectivity index (χ4n) is 7.19. The molecule has 1 aromatic carbocycles. The van der Waals surface area contributed by atoms with Crippen molar-refractivity contribution in [3.05, 3.63) is 29.8 Å². The normalized spacial score (nSPS) is 33.4. The number of epoxide rings is 1. The summed E-state index contributed by atoms with van der Waals surface area (Å²) in [6.45, 7) is 12.3. The van der Waals surface area contributed by atoms with Crippen molar-refractivity contribution in [1.82, 2.24) is 0 Å². The van der Waals surface area contributed by atoms with Crippen LogP contribution in [0.25, 0.3) is 0 Å². The molecule has 1 aliphatic carbocycles. The first-order valence-electron chi connectivity index (χ1n) is 17.4. The van der Waals surface area contributed by atoms with Crippen LogP contribution in [0.3, 0.4) is 0 Å². The summed E-state index contributed by atoms with van der Waals surface area (Å²) in [5.41, 5.74) is -0.926. The van der Waals surface area contributed by atoms with Gasteiger partial charge in [-0.15, -0.1) is 0 Å². The minimum atomic E-state index is -1.36. The Balaban J connectivity index is 1.44. The molecule has 0 spiro atoms. The predicted octanol–water partition coefficient (Wildman–Crippen LogP) is 2.65. The Morgan fingerprint density at radius 3 is 2.06 bits per heavy atom. The average Bonchev–Trinajstić information content (AvgIpc) is 3.72. The molecule has 0 bridgehead atoms. The molecule has 288 valence electrons. The summed E-state index contributed by atoms with van der Waals surface area (Å²) < 4.78 is 65.4. The molecule has 1 aromatic rings. The van der Waals surface area contributed by atoms with Crippen LogP contribution >= 0.6 is 0 Å². The molecule has 52 heavy (non-hydrogen) atoms. The lowest BCUT2D eigenvalue weighted by atomic mass is 9.83. The molecule has 3 saturated heterocycles. The van der Waals surface area contributed by atoms with E-state index in [1.54, 1.807) is 13.8 Å². The van der Waals surface area contributed by atoms with Crippen molar-refractivity contribution < 1.29 is 76.1 Å². The van der Waals surface area contributed by atoms with Crippen LogP contribution in [0.2, 0.25) is 0 Å². The number of fused-ring (bicyclic) bond motifs is 3. The summed E-state index contributed by atoms with van der Waals surface area (Å²) in [4.78, 5) is 61.6. The summed E-state index contributed by atoms with van der Waals surface area (Å²) in [7, 11) is 0. The Kier molecular flexibility index (Phi) is 12.6. The largest absolute Gasteiger partial charge is 0.463 e. The Morgan fingerprint density at radius 1 is 0.788 bits per heavy atom. The van der Waals surface area contributed by atoms with E-state index in [2.05, 4.69) is 0 Å². The van der Waals surface area contributed by atoms with Crippen LogP contribution in [-0.2, 0) is 66.5 Å². The van der Waals surface area contributed by atoms with Gasteiger partial charge in [-0.2, -0.15) is 0 Å². The van der Waals surface area contributed by atoms with E-state index < -0.39 is 90.6 Å². The second-order valence-corrected chi connectivity index (χ2v) is 13.8. The predicted molar refractivity (Wildman–Crippen MR) is 174 cm³/mol. The number of hydrogen-bond acceptors (Lipinski definition) is 16. The van der Waals surface area contributed by atoms with Crippen LogP contribution in [0.15, 0.2) is 24.3 Å². The maximum Gasteiger partial charge on any atom is 0.338 e. The van der Waals surface area contributed by atoms with Gasteiger partial charge in [-0.25, -0.2) is 4.79 Å². The minimum Gasteiger partial charge on any atom is -0.463 e. The van der Waals surface area contributed by atoms with E-state index in [1.807, 2.05) is 13.8 Å². The molecule has 0 N–H and O–H groups in total. The first-order chi connectivity index (χ1) is 24.6. The third kappa shape index (κ3) is 9.09. The molecule has 16 nitrogen and oxygen atoms in total. The van der Waals surface area contributed by atoms with Crippen molar-refractivity contribution in [1.29, 1.82) is 0 Å². The van der Waals surface area contributed by atoms with Gasteiger partial charge >= 0.3 is 29.8 Å². The van der Waals surface area contributed by atoms with Crippen LogP contribution in [0.4, 0.5) is 0 Å². The van der Waals surface area contributed by atoms with Gasteiger partial charge < -0.3 is 52.1 Å². The molecule has 4 fully saturated rings. The zero-order chi connectivity index (χ0) is 37.9. The molecule has 16 heteroatoms. The summed E-state index contributed by atoms with van der Waals surface area (Å²) in [5.74, 6) is -3.77. The van der Waals surface area contributed by atoms with Crippen LogP contribution < -0.4 is 4.74 Å². The quantitative estimate of drug-likeness (QED) is 0.117. The van der Waals surface area contributed by atoms with E-state index in [1.165, 1.54) is 52.0 Å². The summed E-state index contributed by atoms with van der Waals surface area (Å²) in [5, 5.41) is 0. The van der Waals surface area contributed by atoms with Crippen molar-refractivity contribution in [3.8, 4) is 5.75 Å².